The molecule has 0 saturated carbocycles. The number of aldehydes is 1. The highest BCUT2D eigenvalue weighted by Gasteiger charge is 2.25. The molecule has 2 aromatic heterocycles. The van der Waals surface area contributed by atoms with Crippen LogP contribution < -0.4 is 4.74 Å². The van der Waals surface area contributed by atoms with Gasteiger partial charge in [-0.1, -0.05) is 57.1 Å². The van der Waals surface area contributed by atoms with E-state index in [9.17, 15) is 9.59 Å². The van der Waals surface area contributed by atoms with Crippen molar-refractivity contribution < 1.29 is 19.1 Å². The van der Waals surface area contributed by atoms with Crippen molar-refractivity contribution in [2.45, 2.75) is 39.7 Å². The fraction of sp³-hybridized carbons (Fsp3) is 0.229. The van der Waals surface area contributed by atoms with E-state index < -0.39 is 5.92 Å². The summed E-state index contributed by atoms with van der Waals surface area (Å²) in [6.45, 7) is 3.97. The van der Waals surface area contributed by atoms with Crippen LogP contribution >= 0.6 is 20.7 Å². The molecule has 0 saturated heterocycles. The van der Waals surface area contributed by atoms with Gasteiger partial charge in [0, 0.05) is 23.2 Å². The molecule has 2 aliphatic rings. The molecule has 0 radical (unpaired) electrons. The van der Waals surface area contributed by atoms with Crippen molar-refractivity contribution in [1.82, 2.24) is 9.97 Å². The van der Waals surface area contributed by atoms with Crippen LogP contribution in [-0.4, -0.2) is 32.7 Å². The maximum atomic E-state index is 14.1. The number of halogens is 1. The highest BCUT2D eigenvalue weighted by molar-refractivity contribution is 14.2. The molecule has 6 nitrogen and oxygen atoms in total. The summed E-state index contributed by atoms with van der Waals surface area (Å²) < 4.78 is 16.0. The predicted octanol–water partition coefficient (Wildman–Crippen LogP) is 7.23. The van der Waals surface area contributed by atoms with Crippen LogP contribution in [0.4, 0.5) is 0 Å². The van der Waals surface area contributed by atoms with Gasteiger partial charge in [-0.3, -0.25) is 14.6 Å². The van der Waals surface area contributed by atoms with E-state index in [-0.39, 0.29) is 33.1 Å². The van der Waals surface area contributed by atoms with Gasteiger partial charge in [0.25, 0.3) is 0 Å². The summed E-state index contributed by atoms with van der Waals surface area (Å²) in [7, 11) is 0. The van der Waals surface area contributed by atoms with Gasteiger partial charge in [-0.2, -0.15) is 0 Å². The molecule has 1 aliphatic heterocycles. The number of pyridine rings is 2. The van der Waals surface area contributed by atoms with E-state index in [1.807, 2.05) is 49.4 Å². The fourth-order valence-corrected chi connectivity index (χ4v) is 6.62. The SMILES string of the molecule is C/C=C(\C=C(/C)OCC=O)C(Cc1ccc2c(n1)C=CCC2)C(=O)c1cccc(OCc2ccc3c(n2)C=IC=C3)c1. The maximum absolute atomic E-state index is 14.1. The quantitative estimate of drug-likeness (QED) is 0.0665. The van der Waals surface area contributed by atoms with Crippen LogP contribution in [0, 0.1) is 5.92 Å². The standard InChI is InChI=1S/C35H33IN2O4/c1-3-25(19-24(2)41-18-17-39)32(21-29-13-11-26-7-4-5-10-33(26)37-29)35(40)28-8-6-9-31(20-28)42-23-30-14-12-27-15-16-36-22-34(27)38-30/h3,5-6,8-17,19-20,22,32H,4,7,18,21,23H2,1-2H3/b24-19+,25-3+. The smallest absolute Gasteiger partial charge is 0.170 e. The lowest BCUT2D eigenvalue weighted by atomic mass is 9.85. The van der Waals surface area contributed by atoms with Gasteiger partial charge in [0.2, 0.25) is 0 Å². The van der Waals surface area contributed by atoms with Crippen LogP contribution in [0.3, 0.4) is 0 Å². The van der Waals surface area contributed by atoms with Crippen LogP contribution in [0.1, 0.15) is 64.5 Å². The Morgan fingerprint density at radius 3 is 2.79 bits per heavy atom. The number of aryl methyl sites for hydroxylation is 1. The summed E-state index contributed by atoms with van der Waals surface area (Å²) in [5.41, 5.74) is 7.39. The zero-order valence-corrected chi connectivity index (χ0v) is 25.9. The first-order valence-electron chi connectivity index (χ1n) is 14.0. The Kier molecular flexibility index (Phi) is 10.0. The van der Waals surface area contributed by atoms with Gasteiger partial charge in [-0.25, -0.2) is 4.98 Å². The van der Waals surface area contributed by atoms with E-state index in [4.69, 9.17) is 19.4 Å². The second-order valence-electron chi connectivity index (χ2n) is 10.1. The first-order valence-corrected chi connectivity index (χ1v) is 16.5. The van der Waals surface area contributed by atoms with Crippen LogP contribution in [-0.2, 0) is 29.0 Å². The Morgan fingerprint density at radius 2 is 1.93 bits per heavy atom. The zero-order chi connectivity index (χ0) is 29.3. The minimum absolute atomic E-state index is 0.0363. The number of hydrogen-bond donors (Lipinski definition) is 0. The van der Waals surface area contributed by atoms with Crippen molar-refractivity contribution in [2.75, 3.05) is 6.61 Å². The number of benzene rings is 1. The number of carbonyl (C=O) groups is 2. The average Bonchev–Trinajstić information content (AvgIpc) is 3.04. The largest absolute Gasteiger partial charge is 0.491 e. The van der Waals surface area contributed by atoms with Crippen molar-refractivity contribution in [3.8, 4) is 5.75 Å². The lowest BCUT2D eigenvalue weighted by molar-refractivity contribution is -0.110. The molecule has 5 rings (SSSR count). The van der Waals surface area contributed by atoms with Crippen LogP contribution in [0.5, 0.6) is 5.75 Å². The molecule has 0 spiro atoms. The summed E-state index contributed by atoms with van der Waals surface area (Å²) in [5, 5.41) is 0. The molecule has 0 N–H and O–H groups in total. The molecular formula is C35H33IN2O4. The number of allylic oxidation sites excluding steroid dienone is 5. The Morgan fingerprint density at radius 1 is 1.07 bits per heavy atom. The third-order valence-corrected chi connectivity index (χ3v) is 8.87. The average molecular weight is 673 g/mol. The molecule has 1 aliphatic carbocycles. The van der Waals surface area contributed by atoms with Crippen molar-refractivity contribution >= 4 is 49.0 Å². The molecule has 3 heterocycles. The number of carbonyl (C=O) groups excluding carboxylic acids is 2. The second kappa shape index (κ2) is 14.3. The molecule has 214 valence electrons. The summed E-state index contributed by atoms with van der Waals surface area (Å²) in [6.07, 6.45) is 13.2. The van der Waals surface area contributed by atoms with Crippen LogP contribution in [0.2, 0.25) is 0 Å². The first-order chi connectivity index (χ1) is 20.5. The van der Waals surface area contributed by atoms with E-state index in [0.717, 1.165) is 46.8 Å². The first kappa shape index (κ1) is 29.5. The van der Waals surface area contributed by atoms with Gasteiger partial charge in [0.15, 0.2) is 12.1 Å². The lowest BCUT2D eigenvalue weighted by Crippen LogP contribution is -2.21. The van der Waals surface area contributed by atoms with Crippen molar-refractivity contribution in [3.63, 3.8) is 0 Å². The van der Waals surface area contributed by atoms with Gasteiger partial charge in [0.05, 0.1) is 28.8 Å². The van der Waals surface area contributed by atoms with Gasteiger partial charge in [0.1, 0.15) is 19.0 Å². The van der Waals surface area contributed by atoms with Crippen molar-refractivity contribution in [3.05, 3.63) is 122 Å². The third-order valence-electron chi connectivity index (χ3n) is 7.14. The number of Topliss-reactive ketones (excluding diaryl/α,β-unsaturated/α-hetero) is 1. The lowest BCUT2D eigenvalue weighted by Gasteiger charge is -2.20. The molecule has 1 atom stereocenters. The molecule has 1 aromatic carbocycles. The van der Waals surface area contributed by atoms with Crippen molar-refractivity contribution in [2.24, 2.45) is 5.92 Å². The van der Waals surface area contributed by atoms with Gasteiger partial charge >= 0.3 is 0 Å². The number of hydrogen-bond acceptors (Lipinski definition) is 6. The summed E-state index contributed by atoms with van der Waals surface area (Å²) in [4.78, 5) is 34.6. The highest BCUT2D eigenvalue weighted by atomic mass is 127. The zero-order valence-electron chi connectivity index (χ0n) is 23.8. The predicted molar refractivity (Wildman–Crippen MR) is 176 cm³/mol. The number of nitrogens with zero attached hydrogens (tertiary/aromatic N) is 2. The summed E-state index contributed by atoms with van der Waals surface area (Å²) in [6, 6.07) is 15.5. The van der Waals surface area contributed by atoms with Gasteiger partial charge < -0.3 is 9.47 Å². The Balaban J connectivity index is 1.39. The summed E-state index contributed by atoms with van der Waals surface area (Å²) in [5.74, 6) is 0.627. The topological polar surface area (TPSA) is 78.4 Å². The molecule has 42 heavy (non-hydrogen) atoms. The van der Waals surface area contributed by atoms with E-state index in [1.54, 1.807) is 13.0 Å². The molecule has 0 amide bonds. The third kappa shape index (κ3) is 7.45. The Labute approximate surface area is 256 Å². The fourth-order valence-electron chi connectivity index (χ4n) is 4.98. The number of fused-ring (bicyclic) bond motifs is 2. The number of ketones is 1. The minimum atomic E-state index is -0.507. The molecule has 0 fully saturated rings. The molecular weight excluding hydrogens is 639 g/mol. The molecule has 0 bridgehead atoms. The van der Waals surface area contributed by atoms with Crippen LogP contribution in [0.25, 0.3) is 12.2 Å². The monoisotopic (exact) mass is 672 g/mol. The van der Waals surface area contributed by atoms with Crippen LogP contribution in [0.15, 0.2) is 82.2 Å². The van der Waals surface area contributed by atoms with E-state index in [0.29, 0.717) is 36.4 Å². The Bertz CT molecular complexity index is 1630. The van der Waals surface area contributed by atoms with Crippen molar-refractivity contribution in [1.29, 1.82) is 0 Å². The Hall–Kier alpha value is -3.98. The molecule has 7 heteroatoms. The number of ether oxygens (including phenoxy) is 2. The summed E-state index contributed by atoms with van der Waals surface area (Å²) >= 11 is -0.0846. The normalized spacial score (nSPS) is 14.8. The van der Waals surface area contributed by atoms with E-state index >= 15 is 0 Å². The number of rotatable bonds is 12. The van der Waals surface area contributed by atoms with E-state index in [1.165, 1.54) is 5.56 Å². The molecule has 3 aromatic rings. The maximum Gasteiger partial charge on any atom is 0.170 e. The van der Waals surface area contributed by atoms with Gasteiger partial charge in [-0.05, 0) is 88.4 Å². The second-order valence-corrected chi connectivity index (χ2v) is 12.1. The number of aromatic nitrogens is 2. The highest BCUT2D eigenvalue weighted by Crippen LogP contribution is 2.28. The minimum Gasteiger partial charge on any atom is -0.491 e. The van der Waals surface area contributed by atoms with E-state index in [2.05, 4.69) is 38.5 Å². The van der Waals surface area contributed by atoms with Gasteiger partial charge in [-0.15, -0.1) is 0 Å². The molecule has 1 unspecified atom stereocenters.